The molecule has 0 saturated carbocycles. The fourth-order valence-electron chi connectivity index (χ4n) is 1.93. The quantitative estimate of drug-likeness (QED) is 0.754. The maximum Gasteiger partial charge on any atom is 0.247 e. The number of thiophene rings is 1. The molecule has 1 aromatic carbocycles. The van der Waals surface area contributed by atoms with E-state index in [2.05, 4.69) is 0 Å². The number of hydrogen-bond donors (Lipinski definition) is 0. The van der Waals surface area contributed by atoms with Crippen LogP contribution in [0.4, 0.5) is 0 Å². The normalized spacial score (nSPS) is 11.2. The highest BCUT2D eigenvalue weighted by Crippen LogP contribution is 2.13. The van der Waals surface area contributed by atoms with Gasteiger partial charge in [0.25, 0.3) is 0 Å². The molecule has 0 N–H and O–H groups in total. The lowest BCUT2D eigenvalue weighted by atomic mass is 10.2. The Morgan fingerprint density at radius 3 is 2.55 bits per heavy atom. The van der Waals surface area contributed by atoms with E-state index in [-0.39, 0.29) is 11.9 Å². The second kappa shape index (κ2) is 7.06. The van der Waals surface area contributed by atoms with Gasteiger partial charge in [-0.3, -0.25) is 4.79 Å². The van der Waals surface area contributed by atoms with Gasteiger partial charge in [-0.15, -0.1) is 11.3 Å². The number of rotatable bonds is 5. The van der Waals surface area contributed by atoms with Crippen molar-refractivity contribution in [3.8, 4) is 0 Å². The Hall–Kier alpha value is -1.87. The molecule has 3 heteroatoms. The summed E-state index contributed by atoms with van der Waals surface area (Å²) < 4.78 is 0. The Morgan fingerprint density at radius 2 is 1.95 bits per heavy atom. The summed E-state index contributed by atoms with van der Waals surface area (Å²) in [6, 6.07) is 14.2. The van der Waals surface area contributed by atoms with Crippen LogP contribution >= 0.6 is 11.3 Å². The summed E-state index contributed by atoms with van der Waals surface area (Å²) in [5.41, 5.74) is 1.15. The van der Waals surface area contributed by atoms with E-state index in [0.717, 1.165) is 10.4 Å². The zero-order valence-electron chi connectivity index (χ0n) is 11.8. The van der Waals surface area contributed by atoms with Gasteiger partial charge in [0, 0.05) is 23.5 Å². The van der Waals surface area contributed by atoms with Crippen LogP contribution in [0.1, 0.15) is 24.3 Å². The van der Waals surface area contributed by atoms with Crippen LogP contribution in [-0.4, -0.2) is 16.8 Å². The van der Waals surface area contributed by atoms with Crippen molar-refractivity contribution in [2.75, 3.05) is 0 Å². The Bertz CT molecular complexity index is 558. The molecule has 2 nitrogen and oxygen atoms in total. The first-order valence-corrected chi connectivity index (χ1v) is 7.61. The van der Waals surface area contributed by atoms with Crippen LogP contribution in [0.15, 0.2) is 53.9 Å². The van der Waals surface area contributed by atoms with Crippen LogP contribution < -0.4 is 0 Å². The first-order valence-electron chi connectivity index (χ1n) is 6.73. The Morgan fingerprint density at radius 1 is 1.20 bits per heavy atom. The third kappa shape index (κ3) is 4.07. The molecule has 1 aromatic heterocycles. The number of hydrogen-bond acceptors (Lipinski definition) is 2. The smallest absolute Gasteiger partial charge is 0.247 e. The molecule has 0 aliphatic carbocycles. The third-order valence-electron chi connectivity index (χ3n) is 3.04. The van der Waals surface area contributed by atoms with E-state index in [9.17, 15) is 4.79 Å². The van der Waals surface area contributed by atoms with Crippen LogP contribution in [0, 0.1) is 0 Å². The van der Waals surface area contributed by atoms with Crippen molar-refractivity contribution in [3.05, 3.63) is 64.4 Å². The molecule has 0 aliphatic heterocycles. The summed E-state index contributed by atoms with van der Waals surface area (Å²) in [6.45, 7) is 4.73. The summed E-state index contributed by atoms with van der Waals surface area (Å²) in [7, 11) is 0. The molecule has 0 atom stereocenters. The number of carbonyl (C=O) groups is 1. The van der Waals surface area contributed by atoms with Gasteiger partial charge in [0.2, 0.25) is 5.91 Å². The molecule has 0 saturated heterocycles. The Labute approximate surface area is 124 Å². The predicted octanol–water partition coefficient (Wildman–Crippen LogP) is 4.20. The zero-order valence-corrected chi connectivity index (χ0v) is 12.6. The highest BCUT2D eigenvalue weighted by molar-refractivity contribution is 7.10. The Balaban J connectivity index is 2.06. The molecule has 0 fully saturated rings. The van der Waals surface area contributed by atoms with Crippen molar-refractivity contribution in [1.82, 2.24) is 4.90 Å². The predicted molar refractivity (Wildman–Crippen MR) is 85.5 cm³/mol. The second-order valence-electron chi connectivity index (χ2n) is 4.89. The van der Waals surface area contributed by atoms with Crippen molar-refractivity contribution < 1.29 is 4.79 Å². The summed E-state index contributed by atoms with van der Waals surface area (Å²) >= 11 is 1.63. The van der Waals surface area contributed by atoms with Gasteiger partial charge < -0.3 is 4.90 Å². The van der Waals surface area contributed by atoms with Gasteiger partial charge >= 0.3 is 0 Å². The van der Waals surface area contributed by atoms with E-state index in [1.165, 1.54) is 0 Å². The highest BCUT2D eigenvalue weighted by atomic mass is 32.1. The summed E-state index contributed by atoms with van der Waals surface area (Å²) in [5, 5.41) is 2.01. The largest absolute Gasteiger partial charge is 0.332 e. The molecule has 0 unspecified atom stereocenters. The maximum atomic E-state index is 12.3. The van der Waals surface area contributed by atoms with Crippen LogP contribution in [0.25, 0.3) is 6.08 Å². The van der Waals surface area contributed by atoms with E-state index < -0.39 is 0 Å². The molecule has 0 bridgehead atoms. The highest BCUT2D eigenvalue weighted by Gasteiger charge is 2.14. The van der Waals surface area contributed by atoms with E-state index in [0.29, 0.717) is 6.54 Å². The van der Waals surface area contributed by atoms with Gasteiger partial charge in [0.1, 0.15) is 0 Å². The van der Waals surface area contributed by atoms with Crippen LogP contribution in [-0.2, 0) is 11.3 Å². The second-order valence-corrected chi connectivity index (χ2v) is 5.87. The van der Waals surface area contributed by atoms with Gasteiger partial charge in [0.05, 0.1) is 0 Å². The lowest BCUT2D eigenvalue weighted by Gasteiger charge is -2.25. The van der Waals surface area contributed by atoms with Crippen molar-refractivity contribution in [1.29, 1.82) is 0 Å². The SMILES string of the molecule is CC(C)N(Cc1ccccc1)C(=O)C=Cc1cccs1. The topological polar surface area (TPSA) is 20.3 Å². The van der Waals surface area contributed by atoms with Crippen molar-refractivity contribution >= 4 is 23.3 Å². The van der Waals surface area contributed by atoms with E-state index >= 15 is 0 Å². The first kappa shape index (κ1) is 14.5. The minimum absolute atomic E-state index is 0.0530. The van der Waals surface area contributed by atoms with Crippen LogP contribution in [0.2, 0.25) is 0 Å². The van der Waals surface area contributed by atoms with Gasteiger partial charge in [0.15, 0.2) is 0 Å². The molecule has 2 rings (SSSR count). The number of benzene rings is 1. The minimum Gasteiger partial charge on any atom is -0.332 e. The molecule has 0 spiro atoms. The molecule has 104 valence electrons. The fourth-order valence-corrected chi connectivity index (χ4v) is 2.55. The first-order chi connectivity index (χ1) is 9.66. The number of carbonyl (C=O) groups excluding carboxylic acids is 1. The standard InChI is InChI=1S/C17H19NOS/c1-14(2)18(13-15-7-4-3-5-8-15)17(19)11-10-16-9-6-12-20-16/h3-12,14H,13H2,1-2H3. The summed E-state index contributed by atoms with van der Waals surface area (Å²) in [6.07, 6.45) is 3.54. The maximum absolute atomic E-state index is 12.3. The average molecular weight is 285 g/mol. The average Bonchev–Trinajstić information content (AvgIpc) is 2.96. The van der Waals surface area contributed by atoms with Crippen molar-refractivity contribution in [2.45, 2.75) is 26.4 Å². The number of amides is 1. The summed E-state index contributed by atoms with van der Waals surface area (Å²) in [5.74, 6) is 0.0530. The third-order valence-corrected chi connectivity index (χ3v) is 3.87. The molecular formula is C17H19NOS. The van der Waals surface area contributed by atoms with Crippen molar-refractivity contribution in [2.24, 2.45) is 0 Å². The van der Waals surface area contributed by atoms with Crippen LogP contribution in [0.3, 0.4) is 0 Å². The monoisotopic (exact) mass is 285 g/mol. The molecule has 1 amide bonds. The molecule has 20 heavy (non-hydrogen) atoms. The lowest BCUT2D eigenvalue weighted by Crippen LogP contribution is -2.35. The van der Waals surface area contributed by atoms with Gasteiger partial charge in [-0.2, -0.15) is 0 Å². The fraction of sp³-hybridized carbons (Fsp3) is 0.235. The van der Waals surface area contributed by atoms with Gasteiger partial charge in [-0.05, 0) is 36.9 Å². The summed E-state index contributed by atoms with van der Waals surface area (Å²) in [4.78, 5) is 15.3. The molecule has 0 aliphatic rings. The van der Waals surface area contributed by atoms with E-state index in [4.69, 9.17) is 0 Å². The molecule has 2 aromatic rings. The number of nitrogens with zero attached hydrogens (tertiary/aromatic N) is 1. The minimum atomic E-state index is 0.0530. The van der Waals surface area contributed by atoms with Crippen LogP contribution in [0.5, 0.6) is 0 Å². The van der Waals surface area contributed by atoms with E-state index in [1.807, 2.05) is 72.7 Å². The Kier molecular flexibility index (Phi) is 5.13. The van der Waals surface area contributed by atoms with Gasteiger partial charge in [-0.25, -0.2) is 0 Å². The van der Waals surface area contributed by atoms with Crippen molar-refractivity contribution in [3.63, 3.8) is 0 Å². The zero-order chi connectivity index (χ0) is 14.4. The molecule has 1 heterocycles. The lowest BCUT2D eigenvalue weighted by molar-refractivity contribution is -0.128. The van der Waals surface area contributed by atoms with Gasteiger partial charge in [-0.1, -0.05) is 36.4 Å². The molecule has 0 radical (unpaired) electrons. The molecular weight excluding hydrogens is 266 g/mol. The van der Waals surface area contributed by atoms with E-state index in [1.54, 1.807) is 17.4 Å².